The first-order chi connectivity index (χ1) is 7.64. The first-order valence-corrected chi connectivity index (χ1v) is 5.89. The minimum atomic E-state index is -0.929. The van der Waals surface area contributed by atoms with Crippen LogP contribution in [0.3, 0.4) is 0 Å². The summed E-state index contributed by atoms with van der Waals surface area (Å²) < 4.78 is 5.29. The molecular formula is C12H19NO4. The summed E-state index contributed by atoms with van der Waals surface area (Å²) in [6.45, 7) is 7.27. The molecule has 2 bridgehead atoms. The zero-order valence-corrected chi connectivity index (χ0v) is 10.7. The van der Waals surface area contributed by atoms with Gasteiger partial charge >= 0.3 is 12.1 Å². The monoisotopic (exact) mass is 241 g/mol. The smallest absolute Gasteiger partial charge is 0.411 e. The third kappa shape index (κ3) is 1.87. The molecule has 1 unspecified atom stereocenters. The molecule has 96 valence electrons. The summed E-state index contributed by atoms with van der Waals surface area (Å²) in [6.07, 6.45) is 1.03. The van der Waals surface area contributed by atoms with Crippen LogP contribution in [-0.4, -0.2) is 39.3 Å². The van der Waals surface area contributed by atoms with Gasteiger partial charge in [0.15, 0.2) is 0 Å². The van der Waals surface area contributed by atoms with E-state index < -0.39 is 23.7 Å². The van der Waals surface area contributed by atoms with E-state index in [1.165, 1.54) is 4.90 Å². The summed E-state index contributed by atoms with van der Waals surface area (Å²) in [5.41, 5.74) is -0.917. The molecule has 2 saturated heterocycles. The molecule has 0 aromatic heterocycles. The Morgan fingerprint density at radius 1 is 1.35 bits per heavy atom. The number of hydrogen-bond donors (Lipinski definition) is 1. The number of carboxylic acid groups (broad SMARTS) is 1. The highest BCUT2D eigenvalue weighted by Crippen LogP contribution is 2.54. The van der Waals surface area contributed by atoms with E-state index in [0.717, 1.165) is 12.8 Å². The molecular weight excluding hydrogens is 222 g/mol. The molecule has 2 aliphatic heterocycles. The third-order valence-electron chi connectivity index (χ3n) is 3.55. The van der Waals surface area contributed by atoms with Crippen molar-refractivity contribution in [3.05, 3.63) is 0 Å². The number of carboxylic acids is 1. The molecule has 0 spiro atoms. The van der Waals surface area contributed by atoms with E-state index in [9.17, 15) is 14.7 Å². The predicted octanol–water partition coefficient (Wildman–Crippen LogP) is 1.86. The fraction of sp³-hybridized carbons (Fsp3) is 0.833. The first-order valence-electron chi connectivity index (χ1n) is 5.89. The van der Waals surface area contributed by atoms with Crippen LogP contribution in [0.5, 0.6) is 0 Å². The topological polar surface area (TPSA) is 66.8 Å². The summed E-state index contributed by atoms with van der Waals surface area (Å²) in [6, 6.07) is -0.713. The van der Waals surface area contributed by atoms with E-state index in [1.54, 1.807) is 20.8 Å². The van der Waals surface area contributed by atoms with E-state index in [0.29, 0.717) is 0 Å². The number of ether oxygens (including phenoxy) is 1. The number of rotatable bonds is 1. The second kappa shape index (κ2) is 3.37. The maximum Gasteiger partial charge on any atom is 0.411 e. The minimum absolute atomic E-state index is 0.0880. The van der Waals surface area contributed by atoms with Crippen LogP contribution in [0, 0.1) is 5.92 Å². The fourth-order valence-corrected chi connectivity index (χ4v) is 2.99. The second-order valence-electron chi connectivity index (χ2n) is 6.30. The Labute approximate surface area is 101 Å². The van der Waals surface area contributed by atoms with Crippen LogP contribution in [0.25, 0.3) is 0 Å². The van der Waals surface area contributed by atoms with Crippen molar-refractivity contribution in [1.82, 2.24) is 4.90 Å². The van der Waals surface area contributed by atoms with Crippen molar-refractivity contribution < 1.29 is 19.4 Å². The van der Waals surface area contributed by atoms with Crippen LogP contribution in [0.2, 0.25) is 0 Å². The highest BCUT2D eigenvalue weighted by atomic mass is 16.6. The van der Waals surface area contributed by atoms with Crippen molar-refractivity contribution in [2.75, 3.05) is 0 Å². The van der Waals surface area contributed by atoms with Crippen molar-refractivity contribution in [2.45, 2.75) is 57.7 Å². The minimum Gasteiger partial charge on any atom is -0.480 e. The zero-order valence-electron chi connectivity index (χ0n) is 10.7. The number of nitrogens with zero attached hydrogens (tertiary/aromatic N) is 1. The summed E-state index contributed by atoms with van der Waals surface area (Å²) in [5.74, 6) is -0.841. The van der Waals surface area contributed by atoms with Gasteiger partial charge in [-0.2, -0.15) is 0 Å². The van der Waals surface area contributed by atoms with Crippen molar-refractivity contribution in [3.8, 4) is 0 Å². The maximum atomic E-state index is 12.1. The standard InChI is InChI=1S/C12H19NO4/c1-11(2,3)17-10(16)13-8(9(14)15)7-5-12(13,4)6-7/h7-8H,5-6H2,1-4H3,(H,14,15). The molecule has 0 radical (unpaired) electrons. The normalized spacial score (nSPS) is 35.4. The van der Waals surface area contributed by atoms with Crippen LogP contribution in [0.4, 0.5) is 4.79 Å². The Bertz CT molecular complexity index is 365. The van der Waals surface area contributed by atoms with Crippen LogP contribution in [0.1, 0.15) is 40.5 Å². The van der Waals surface area contributed by atoms with Gasteiger partial charge in [-0.15, -0.1) is 0 Å². The molecule has 1 atom stereocenters. The average molecular weight is 241 g/mol. The van der Waals surface area contributed by atoms with Crippen molar-refractivity contribution >= 4 is 12.1 Å². The van der Waals surface area contributed by atoms with Gasteiger partial charge in [0.05, 0.1) is 0 Å². The highest BCUT2D eigenvalue weighted by Gasteiger charge is 2.64. The van der Waals surface area contributed by atoms with Crippen molar-refractivity contribution in [1.29, 1.82) is 0 Å². The van der Waals surface area contributed by atoms with Crippen molar-refractivity contribution in [3.63, 3.8) is 0 Å². The molecule has 17 heavy (non-hydrogen) atoms. The van der Waals surface area contributed by atoms with Gasteiger partial charge in [-0.3, -0.25) is 4.90 Å². The SMILES string of the molecule is CC(C)(C)OC(=O)N1C(C(=O)O)C2CC1(C)C2. The molecule has 3 aliphatic rings. The van der Waals surface area contributed by atoms with Gasteiger partial charge in [-0.25, -0.2) is 9.59 Å². The van der Waals surface area contributed by atoms with Gasteiger partial charge in [-0.05, 0) is 46.5 Å². The maximum absolute atomic E-state index is 12.1. The van der Waals surface area contributed by atoms with Crippen LogP contribution in [0.15, 0.2) is 0 Å². The molecule has 3 fully saturated rings. The van der Waals surface area contributed by atoms with E-state index in [-0.39, 0.29) is 11.5 Å². The lowest BCUT2D eigenvalue weighted by molar-refractivity contribution is -0.142. The van der Waals surface area contributed by atoms with E-state index in [2.05, 4.69) is 0 Å². The lowest BCUT2D eigenvalue weighted by Gasteiger charge is -2.38. The van der Waals surface area contributed by atoms with Gasteiger partial charge in [0, 0.05) is 5.54 Å². The van der Waals surface area contributed by atoms with Crippen LogP contribution in [-0.2, 0) is 9.53 Å². The van der Waals surface area contributed by atoms with E-state index in [1.807, 2.05) is 6.92 Å². The first kappa shape index (κ1) is 12.2. The second-order valence-corrected chi connectivity index (χ2v) is 6.30. The Kier molecular flexibility index (Phi) is 2.42. The molecule has 0 aromatic carbocycles. The molecule has 1 amide bonds. The molecule has 3 rings (SSSR count). The van der Waals surface area contributed by atoms with Gasteiger partial charge in [0.2, 0.25) is 0 Å². The average Bonchev–Trinajstić information content (AvgIpc) is 2.48. The molecule has 1 N–H and O–H groups in total. The fourth-order valence-electron chi connectivity index (χ4n) is 2.99. The summed E-state index contributed by atoms with van der Waals surface area (Å²) >= 11 is 0. The molecule has 0 aromatic rings. The molecule has 1 aliphatic carbocycles. The number of carbonyl (C=O) groups excluding carboxylic acids is 1. The molecule has 5 nitrogen and oxygen atoms in total. The highest BCUT2D eigenvalue weighted by molar-refractivity contribution is 5.83. The van der Waals surface area contributed by atoms with Gasteiger partial charge in [0.1, 0.15) is 11.6 Å². The number of aliphatic carboxylic acids is 1. The number of amides is 1. The Hall–Kier alpha value is -1.26. The Balaban J connectivity index is 2.18. The summed E-state index contributed by atoms with van der Waals surface area (Å²) in [7, 11) is 0. The summed E-state index contributed by atoms with van der Waals surface area (Å²) in [4.78, 5) is 24.7. The predicted molar refractivity (Wildman–Crippen MR) is 60.6 cm³/mol. The van der Waals surface area contributed by atoms with Gasteiger partial charge in [0.25, 0.3) is 0 Å². The zero-order chi connectivity index (χ0) is 13.0. The summed E-state index contributed by atoms with van der Waals surface area (Å²) in [5, 5.41) is 9.19. The van der Waals surface area contributed by atoms with Gasteiger partial charge < -0.3 is 9.84 Å². The Morgan fingerprint density at radius 3 is 2.29 bits per heavy atom. The van der Waals surface area contributed by atoms with Crippen LogP contribution >= 0.6 is 0 Å². The van der Waals surface area contributed by atoms with Crippen molar-refractivity contribution in [2.24, 2.45) is 5.92 Å². The Morgan fingerprint density at radius 2 is 1.88 bits per heavy atom. The molecule has 5 heteroatoms. The largest absolute Gasteiger partial charge is 0.480 e. The number of fused-ring (bicyclic) bond motifs is 1. The van der Waals surface area contributed by atoms with E-state index >= 15 is 0 Å². The lowest BCUT2D eigenvalue weighted by atomic mass is 9.73. The van der Waals surface area contributed by atoms with E-state index in [4.69, 9.17) is 4.74 Å². The number of hydrogen-bond acceptors (Lipinski definition) is 3. The molecule has 1 saturated carbocycles. The quantitative estimate of drug-likeness (QED) is 0.761. The third-order valence-corrected chi connectivity index (χ3v) is 3.55. The van der Waals surface area contributed by atoms with Crippen LogP contribution < -0.4 is 0 Å². The molecule has 2 heterocycles. The lowest BCUT2D eigenvalue weighted by Crippen LogP contribution is -2.50. The van der Waals surface area contributed by atoms with Gasteiger partial charge in [-0.1, -0.05) is 0 Å². The number of carbonyl (C=O) groups is 2.